The van der Waals surface area contributed by atoms with Crippen LogP contribution in [0.1, 0.15) is 0 Å². The van der Waals surface area contributed by atoms with Crippen LogP contribution in [-0.4, -0.2) is 28.8 Å². The van der Waals surface area contributed by atoms with Crippen molar-refractivity contribution >= 4 is 34.3 Å². The molecule has 1 heterocycles. The van der Waals surface area contributed by atoms with Crippen molar-refractivity contribution in [2.75, 3.05) is 17.8 Å². The first kappa shape index (κ1) is 10.8. The smallest absolute Gasteiger partial charge is 0.411 e. The van der Waals surface area contributed by atoms with Crippen LogP contribution in [0.25, 0.3) is 10.9 Å². The monoisotopic (exact) mass is 239 g/mol. The molecule has 5 nitrogen and oxygen atoms in total. The minimum Gasteiger partial charge on any atom is -0.448 e. The number of benzene rings is 1. The summed E-state index contributed by atoms with van der Waals surface area (Å²) in [5, 5.41) is 10.3. The zero-order chi connectivity index (χ0) is 11.4. The standard InChI is InChI=1S/C10H10ClN3O2/c11-3-4-16-10(15)13-8-2-1-7-6-12-14-9(7)5-8/h1-2,5-6H,3-4H2,(H,12,14)(H,13,15). The van der Waals surface area contributed by atoms with E-state index in [1.165, 1.54) is 0 Å². The molecule has 0 saturated heterocycles. The molecular formula is C10H10ClN3O2. The van der Waals surface area contributed by atoms with E-state index in [0.29, 0.717) is 5.69 Å². The molecule has 0 aliphatic heterocycles. The Labute approximate surface area is 96.7 Å². The molecule has 0 spiro atoms. The zero-order valence-electron chi connectivity index (χ0n) is 8.37. The number of carbonyl (C=O) groups excluding carboxylic acids is 1. The number of H-pyrrole nitrogens is 1. The molecule has 2 aromatic rings. The Morgan fingerprint density at radius 3 is 3.25 bits per heavy atom. The van der Waals surface area contributed by atoms with E-state index in [4.69, 9.17) is 16.3 Å². The number of fused-ring (bicyclic) bond motifs is 1. The summed E-state index contributed by atoms with van der Waals surface area (Å²) in [6.07, 6.45) is 1.20. The Morgan fingerprint density at radius 2 is 2.44 bits per heavy atom. The van der Waals surface area contributed by atoms with Crippen LogP contribution in [0.4, 0.5) is 10.5 Å². The number of anilines is 1. The third kappa shape index (κ3) is 2.43. The van der Waals surface area contributed by atoms with Crippen molar-refractivity contribution in [3.8, 4) is 0 Å². The minimum atomic E-state index is -0.514. The van der Waals surface area contributed by atoms with Gasteiger partial charge in [-0.15, -0.1) is 11.6 Å². The maximum atomic E-state index is 11.2. The highest BCUT2D eigenvalue weighted by Gasteiger charge is 2.03. The molecule has 0 aliphatic rings. The fourth-order valence-corrected chi connectivity index (χ4v) is 1.38. The van der Waals surface area contributed by atoms with Gasteiger partial charge in [-0.05, 0) is 18.2 Å². The number of carbonyl (C=O) groups is 1. The van der Waals surface area contributed by atoms with Crippen molar-refractivity contribution in [2.24, 2.45) is 0 Å². The Balaban J connectivity index is 2.06. The lowest BCUT2D eigenvalue weighted by molar-refractivity contribution is 0.168. The maximum absolute atomic E-state index is 11.2. The summed E-state index contributed by atoms with van der Waals surface area (Å²) in [6.45, 7) is 0.194. The van der Waals surface area contributed by atoms with Crippen LogP contribution in [0.2, 0.25) is 0 Å². The van der Waals surface area contributed by atoms with E-state index in [2.05, 4.69) is 15.5 Å². The van der Waals surface area contributed by atoms with Crippen molar-refractivity contribution in [1.82, 2.24) is 10.2 Å². The lowest BCUT2D eigenvalue weighted by Crippen LogP contribution is -2.14. The van der Waals surface area contributed by atoms with E-state index >= 15 is 0 Å². The number of hydrogen-bond donors (Lipinski definition) is 2. The molecule has 2 N–H and O–H groups in total. The van der Waals surface area contributed by atoms with Gasteiger partial charge in [0.2, 0.25) is 0 Å². The van der Waals surface area contributed by atoms with Crippen LogP contribution >= 0.6 is 11.6 Å². The third-order valence-electron chi connectivity index (χ3n) is 2.00. The predicted octanol–water partition coefficient (Wildman–Crippen LogP) is 2.35. The number of ether oxygens (including phenoxy) is 1. The first-order valence-corrected chi connectivity index (χ1v) is 5.26. The molecule has 2 rings (SSSR count). The average molecular weight is 240 g/mol. The Hall–Kier alpha value is -1.75. The minimum absolute atomic E-state index is 0.194. The van der Waals surface area contributed by atoms with Crippen LogP contribution < -0.4 is 5.32 Å². The van der Waals surface area contributed by atoms with Gasteiger partial charge in [0.25, 0.3) is 0 Å². The first-order chi connectivity index (χ1) is 7.79. The largest absolute Gasteiger partial charge is 0.448 e. The number of nitrogens with zero attached hydrogens (tertiary/aromatic N) is 1. The zero-order valence-corrected chi connectivity index (χ0v) is 9.12. The number of aromatic amines is 1. The fraction of sp³-hybridized carbons (Fsp3) is 0.200. The van der Waals surface area contributed by atoms with Gasteiger partial charge in [-0.3, -0.25) is 10.4 Å². The molecule has 0 aliphatic carbocycles. The molecule has 6 heteroatoms. The molecule has 0 unspecified atom stereocenters. The number of amides is 1. The van der Waals surface area contributed by atoms with Crippen molar-refractivity contribution in [2.45, 2.75) is 0 Å². The number of alkyl halides is 1. The van der Waals surface area contributed by atoms with Crippen molar-refractivity contribution in [1.29, 1.82) is 0 Å². The van der Waals surface area contributed by atoms with Gasteiger partial charge >= 0.3 is 6.09 Å². The molecule has 84 valence electrons. The third-order valence-corrected chi connectivity index (χ3v) is 2.15. The second kappa shape index (κ2) is 4.85. The van der Waals surface area contributed by atoms with Crippen LogP contribution in [0.15, 0.2) is 24.4 Å². The highest BCUT2D eigenvalue weighted by atomic mass is 35.5. The lowest BCUT2D eigenvalue weighted by atomic mass is 10.2. The van der Waals surface area contributed by atoms with Gasteiger partial charge in [-0.25, -0.2) is 4.79 Å². The SMILES string of the molecule is O=C(Nc1ccc2cn[nH]c2c1)OCCCl. The molecule has 1 aromatic carbocycles. The van der Waals surface area contributed by atoms with Gasteiger partial charge in [0.05, 0.1) is 17.6 Å². The topological polar surface area (TPSA) is 67.0 Å². The maximum Gasteiger partial charge on any atom is 0.411 e. The van der Waals surface area contributed by atoms with Gasteiger partial charge in [-0.2, -0.15) is 5.10 Å². The average Bonchev–Trinajstić information content (AvgIpc) is 2.73. The van der Waals surface area contributed by atoms with Crippen LogP contribution in [-0.2, 0) is 4.74 Å². The first-order valence-electron chi connectivity index (χ1n) is 4.72. The van der Waals surface area contributed by atoms with Gasteiger partial charge < -0.3 is 4.74 Å². The van der Waals surface area contributed by atoms with E-state index in [0.717, 1.165) is 10.9 Å². The van der Waals surface area contributed by atoms with Crippen molar-refractivity contribution < 1.29 is 9.53 Å². The number of aromatic nitrogens is 2. The van der Waals surface area contributed by atoms with E-state index in [1.807, 2.05) is 6.07 Å². The van der Waals surface area contributed by atoms with Crippen molar-refractivity contribution in [3.05, 3.63) is 24.4 Å². The quantitative estimate of drug-likeness (QED) is 0.808. The van der Waals surface area contributed by atoms with E-state index in [9.17, 15) is 4.79 Å². The van der Waals surface area contributed by atoms with Gasteiger partial charge in [0.1, 0.15) is 6.61 Å². The molecule has 0 bridgehead atoms. The van der Waals surface area contributed by atoms with Gasteiger partial charge in [-0.1, -0.05) is 0 Å². The molecule has 16 heavy (non-hydrogen) atoms. The number of hydrogen-bond acceptors (Lipinski definition) is 3. The second-order valence-corrected chi connectivity index (χ2v) is 3.50. The summed E-state index contributed by atoms with van der Waals surface area (Å²) < 4.78 is 4.78. The summed E-state index contributed by atoms with van der Waals surface area (Å²) in [7, 11) is 0. The number of nitrogens with one attached hydrogen (secondary N) is 2. The van der Waals surface area contributed by atoms with Gasteiger partial charge in [0, 0.05) is 11.1 Å². The highest BCUT2D eigenvalue weighted by Crippen LogP contribution is 2.16. The normalized spacial score (nSPS) is 10.3. The molecule has 1 amide bonds. The number of halogens is 1. The lowest BCUT2D eigenvalue weighted by Gasteiger charge is -2.05. The molecular weight excluding hydrogens is 230 g/mol. The van der Waals surface area contributed by atoms with Crippen LogP contribution in [0, 0.1) is 0 Å². The highest BCUT2D eigenvalue weighted by molar-refractivity contribution is 6.18. The molecule has 0 fully saturated rings. The summed E-state index contributed by atoms with van der Waals surface area (Å²) in [4.78, 5) is 11.2. The molecule has 1 aromatic heterocycles. The van der Waals surface area contributed by atoms with Crippen LogP contribution in [0.5, 0.6) is 0 Å². The fourth-order valence-electron chi connectivity index (χ4n) is 1.30. The Bertz CT molecular complexity index is 498. The molecule has 0 atom stereocenters. The molecule has 0 radical (unpaired) electrons. The summed E-state index contributed by atoms with van der Waals surface area (Å²) >= 11 is 5.39. The van der Waals surface area contributed by atoms with E-state index in [1.54, 1.807) is 18.3 Å². The predicted molar refractivity (Wildman–Crippen MR) is 61.8 cm³/mol. The molecule has 0 saturated carbocycles. The second-order valence-electron chi connectivity index (χ2n) is 3.12. The summed E-state index contributed by atoms with van der Waals surface area (Å²) in [5.74, 6) is 0.285. The van der Waals surface area contributed by atoms with Gasteiger partial charge in [0.15, 0.2) is 0 Å². The van der Waals surface area contributed by atoms with E-state index in [-0.39, 0.29) is 12.5 Å². The Kier molecular flexibility index (Phi) is 3.26. The Morgan fingerprint density at radius 1 is 1.56 bits per heavy atom. The summed E-state index contributed by atoms with van der Waals surface area (Å²) in [5.41, 5.74) is 1.51. The summed E-state index contributed by atoms with van der Waals surface area (Å²) in [6, 6.07) is 5.42. The van der Waals surface area contributed by atoms with E-state index < -0.39 is 6.09 Å². The van der Waals surface area contributed by atoms with Crippen LogP contribution in [0.3, 0.4) is 0 Å². The van der Waals surface area contributed by atoms with Crippen molar-refractivity contribution in [3.63, 3.8) is 0 Å². The number of rotatable bonds is 3.